The summed E-state index contributed by atoms with van der Waals surface area (Å²) in [7, 11) is 0. The molecule has 0 fully saturated rings. The number of nitrogens with zero attached hydrogens (tertiary/aromatic N) is 4. The Balaban J connectivity index is 1.57. The number of fused-ring (bicyclic) bond motifs is 1. The van der Waals surface area contributed by atoms with Crippen LogP contribution in [0.15, 0.2) is 42.5 Å². The number of hydrogen-bond acceptors (Lipinski definition) is 3. The Hall–Kier alpha value is -2.31. The maximum Gasteiger partial charge on any atom is 0.225 e. The minimum absolute atomic E-state index is 0.649. The van der Waals surface area contributed by atoms with Gasteiger partial charge in [0.05, 0.1) is 12.2 Å². The molecule has 1 atom stereocenters. The molecule has 0 amide bonds. The summed E-state index contributed by atoms with van der Waals surface area (Å²) in [6, 6.07) is 15.0. The lowest BCUT2D eigenvalue weighted by molar-refractivity contribution is -0.939. The predicted octanol–water partition coefficient (Wildman–Crippen LogP) is 2.01. The molecule has 0 spiro atoms. The zero-order valence-electron chi connectivity index (χ0n) is 14.6. The van der Waals surface area contributed by atoms with E-state index < -0.39 is 0 Å². The van der Waals surface area contributed by atoms with Gasteiger partial charge in [0.2, 0.25) is 4.77 Å². The van der Waals surface area contributed by atoms with E-state index >= 15 is 0 Å². The van der Waals surface area contributed by atoms with E-state index in [9.17, 15) is 0 Å². The van der Waals surface area contributed by atoms with Crippen LogP contribution in [-0.2, 0) is 19.6 Å². The third kappa shape index (κ3) is 3.27. The van der Waals surface area contributed by atoms with E-state index in [4.69, 9.17) is 12.2 Å². The molecule has 1 unspecified atom stereocenters. The maximum absolute atomic E-state index is 5.63. The maximum atomic E-state index is 5.63. The van der Waals surface area contributed by atoms with Crippen molar-refractivity contribution < 1.29 is 4.90 Å². The standard InChI is InChI=1S/C19H21N5S/c1-14-9-15(2)11-18(10-14)24-19(25)23(20-21-24)13-22-8-7-16-5-3-4-6-17(16)12-22/h3-6,9-11H,7-8,12-13H2,1-2H3/p+1. The van der Waals surface area contributed by atoms with Gasteiger partial charge in [0, 0.05) is 12.0 Å². The highest BCUT2D eigenvalue weighted by atomic mass is 32.1. The Bertz CT molecular complexity index is 952. The fourth-order valence-electron chi connectivity index (χ4n) is 3.60. The first-order valence-electron chi connectivity index (χ1n) is 8.62. The highest BCUT2D eigenvalue weighted by Crippen LogP contribution is 2.13. The van der Waals surface area contributed by atoms with E-state index in [0.717, 1.165) is 31.9 Å². The topological polar surface area (TPSA) is 40.1 Å². The average molecular weight is 352 g/mol. The second kappa shape index (κ2) is 6.54. The van der Waals surface area contributed by atoms with Gasteiger partial charge >= 0.3 is 0 Å². The van der Waals surface area contributed by atoms with Gasteiger partial charge < -0.3 is 4.90 Å². The summed E-state index contributed by atoms with van der Waals surface area (Å²) in [5.74, 6) is 0. The Morgan fingerprint density at radius 1 is 1.04 bits per heavy atom. The molecule has 0 radical (unpaired) electrons. The number of rotatable bonds is 3. The SMILES string of the molecule is Cc1cc(C)cc(-n2nnn(C[NH+]3CCc4ccccc4C3)c2=S)c1. The van der Waals surface area contributed by atoms with Crippen molar-refractivity contribution >= 4 is 12.2 Å². The lowest BCUT2D eigenvalue weighted by atomic mass is 10.0. The van der Waals surface area contributed by atoms with E-state index in [2.05, 4.69) is 66.7 Å². The Labute approximate surface area is 152 Å². The van der Waals surface area contributed by atoms with E-state index in [0.29, 0.717) is 4.77 Å². The fraction of sp³-hybridized carbons (Fsp3) is 0.316. The lowest BCUT2D eigenvalue weighted by Crippen LogP contribution is -3.11. The number of aryl methyl sites for hydroxylation is 2. The van der Waals surface area contributed by atoms with Crippen LogP contribution >= 0.6 is 12.2 Å². The molecule has 0 saturated carbocycles. The second-order valence-electron chi connectivity index (χ2n) is 6.87. The van der Waals surface area contributed by atoms with Crippen molar-refractivity contribution in [1.82, 2.24) is 19.8 Å². The number of aromatic nitrogens is 4. The molecule has 1 aromatic heterocycles. The molecule has 4 rings (SSSR count). The zero-order valence-corrected chi connectivity index (χ0v) is 15.4. The zero-order chi connectivity index (χ0) is 17.4. The quantitative estimate of drug-likeness (QED) is 0.733. The van der Waals surface area contributed by atoms with Gasteiger partial charge in [-0.2, -0.15) is 9.36 Å². The summed E-state index contributed by atoms with van der Waals surface area (Å²) in [6.07, 6.45) is 1.10. The molecule has 1 aliphatic heterocycles. The molecule has 0 bridgehead atoms. The molecule has 128 valence electrons. The van der Waals surface area contributed by atoms with Crippen molar-refractivity contribution in [3.63, 3.8) is 0 Å². The number of quaternary nitrogens is 1. The van der Waals surface area contributed by atoms with Crippen LogP contribution in [0.2, 0.25) is 0 Å². The summed E-state index contributed by atoms with van der Waals surface area (Å²) in [5, 5.41) is 8.60. The number of tetrazole rings is 1. The third-order valence-corrected chi connectivity index (χ3v) is 5.15. The molecule has 2 heterocycles. The van der Waals surface area contributed by atoms with E-state index in [1.807, 2.05) is 4.68 Å². The molecule has 5 nitrogen and oxygen atoms in total. The highest BCUT2D eigenvalue weighted by molar-refractivity contribution is 7.71. The van der Waals surface area contributed by atoms with Crippen LogP contribution in [0.3, 0.4) is 0 Å². The van der Waals surface area contributed by atoms with Crippen molar-refractivity contribution in [2.24, 2.45) is 0 Å². The summed E-state index contributed by atoms with van der Waals surface area (Å²) < 4.78 is 4.25. The van der Waals surface area contributed by atoms with Crippen LogP contribution in [0.5, 0.6) is 0 Å². The van der Waals surface area contributed by atoms with Crippen molar-refractivity contribution in [2.75, 3.05) is 6.54 Å². The molecule has 25 heavy (non-hydrogen) atoms. The first kappa shape index (κ1) is 16.2. The van der Waals surface area contributed by atoms with Crippen LogP contribution < -0.4 is 4.90 Å². The Morgan fingerprint density at radius 3 is 2.52 bits per heavy atom. The molecule has 1 aliphatic rings. The predicted molar refractivity (Wildman–Crippen MR) is 99.3 cm³/mol. The lowest BCUT2D eigenvalue weighted by Gasteiger charge is -2.25. The second-order valence-corrected chi connectivity index (χ2v) is 7.24. The normalized spacial score (nSPS) is 16.6. The van der Waals surface area contributed by atoms with Gasteiger partial charge in [-0.05, 0) is 65.3 Å². The summed E-state index contributed by atoms with van der Waals surface area (Å²) in [4.78, 5) is 1.46. The third-order valence-electron chi connectivity index (χ3n) is 4.77. The largest absolute Gasteiger partial charge is 0.312 e. The van der Waals surface area contributed by atoms with E-state index in [1.165, 1.54) is 27.2 Å². The van der Waals surface area contributed by atoms with Crippen molar-refractivity contribution in [1.29, 1.82) is 0 Å². The number of hydrogen-bond donors (Lipinski definition) is 1. The van der Waals surface area contributed by atoms with Gasteiger partial charge in [-0.1, -0.05) is 30.3 Å². The molecule has 2 aromatic carbocycles. The Morgan fingerprint density at radius 2 is 1.76 bits per heavy atom. The van der Waals surface area contributed by atoms with Gasteiger partial charge in [0.15, 0.2) is 6.67 Å². The highest BCUT2D eigenvalue weighted by Gasteiger charge is 2.20. The van der Waals surface area contributed by atoms with Crippen LogP contribution in [-0.4, -0.2) is 26.3 Å². The Kier molecular flexibility index (Phi) is 4.23. The van der Waals surface area contributed by atoms with Crippen LogP contribution in [0, 0.1) is 18.6 Å². The first-order valence-corrected chi connectivity index (χ1v) is 9.03. The molecular weight excluding hydrogens is 330 g/mol. The minimum Gasteiger partial charge on any atom is -0.312 e. The average Bonchev–Trinajstić information content (AvgIpc) is 2.95. The number of nitrogens with one attached hydrogen (secondary N) is 1. The van der Waals surface area contributed by atoms with Gasteiger partial charge in [-0.3, -0.25) is 0 Å². The van der Waals surface area contributed by atoms with Gasteiger partial charge in [0.25, 0.3) is 0 Å². The molecule has 6 heteroatoms. The van der Waals surface area contributed by atoms with Crippen molar-refractivity contribution in [3.05, 3.63) is 69.5 Å². The van der Waals surface area contributed by atoms with Gasteiger partial charge in [0.1, 0.15) is 6.54 Å². The number of benzene rings is 2. The molecule has 0 aliphatic carbocycles. The monoisotopic (exact) mass is 352 g/mol. The molecular formula is C19H22N5S+. The molecule has 3 aromatic rings. The van der Waals surface area contributed by atoms with Crippen LogP contribution in [0.1, 0.15) is 22.3 Å². The molecule has 0 saturated heterocycles. The van der Waals surface area contributed by atoms with Crippen molar-refractivity contribution in [2.45, 2.75) is 33.5 Å². The fourth-order valence-corrected chi connectivity index (χ4v) is 3.84. The van der Waals surface area contributed by atoms with E-state index in [1.54, 1.807) is 4.68 Å². The van der Waals surface area contributed by atoms with Crippen molar-refractivity contribution in [3.8, 4) is 5.69 Å². The van der Waals surface area contributed by atoms with Crippen LogP contribution in [0.4, 0.5) is 0 Å². The van der Waals surface area contributed by atoms with Crippen LogP contribution in [0.25, 0.3) is 5.69 Å². The first-order chi connectivity index (χ1) is 12.1. The molecule has 1 N–H and O–H groups in total. The summed E-state index contributed by atoms with van der Waals surface area (Å²) >= 11 is 5.63. The summed E-state index contributed by atoms with van der Waals surface area (Å²) in [5.41, 5.74) is 6.27. The smallest absolute Gasteiger partial charge is 0.225 e. The van der Waals surface area contributed by atoms with E-state index in [-0.39, 0.29) is 0 Å². The summed E-state index contributed by atoms with van der Waals surface area (Å²) in [6.45, 7) is 7.02. The van der Waals surface area contributed by atoms with Gasteiger partial charge in [-0.25, -0.2) is 0 Å². The van der Waals surface area contributed by atoms with Gasteiger partial charge in [-0.15, -0.1) is 0 Å². The minimum atomic E-state index is 0.649.